The number of rotatable bonds is 1. The smallest absolute Gasteiger partial charge is 0.408 e. The zero-order valence-corrected chi connectivity index (χ0v) is 9.27. The Hall–Kier alpha value is -1.59. The van der Waals surface area contributed by atoms with Crippen LogP contribution in [-0.4, -0.2) is 22.7 Å². The van der Waals surface area contributed by atoms with Crippen LogP contribution in [0.15, 0.2) is 27.4 Å². The number of aromatic nitrogens is 1. The number of H-pyrrole nitrogens is 1. The molecular formula is C12H14N2O3. The van der Waals surface area contributed by atoms with Gasteiger partial charge in [-0.05, 0) is 37.1 Å². The molecule has 0 saturated carbocycles. The van der Waals surface area contributed by atoms with Gasteiger partial charge in [-0.15, -0.1) is 0 Å². The molecule has 2 unspecified atom stereocenters. The Labute approximate surface area is 97.5 Å². The molecule has 5 heteroatoms. The summed E-state index contributed by atoms with van der Waals surface area (Å²) in [6.45, 7) is 0.900. The Morgan fingerprint density at radius 2 is 2.29 bits per heavy atom. The van der Waals surface area contributed by atoms with Crippen molar-refractivity contribution >= 4 is 11.1 Å². The van der Waals surface area contributed by atoms with Crippen LogP contribution in [0.1, 0.15) is 24.4 Å². The van der Waals surface area contributed by atoms with Crippen molar-refractivity contribution in [3.05, 3.63) is 34.3 Å². The first-order chi connectivity index (χ1) is 8.24. The van der Waals surface area contributed by atoms with Gasteiger partial charge in [-0.2, -0.15) is 0 Å². The lowest BCUT2D eigenvalue weighted by atomic mass is 9.94. The molecule has 90 valence electrons. The molecule has 1 aliphatic heterocycles. The van der Waals surface area contributed by atoms with Gasteiger partial charge in [-0.3, -0.25) is 4.98 Å². The number of hydrogen-bond donors (Lipinski definition) is 3. The van der Waals surface area contributed by atoms with E-state index in [-0.39, 0.29) is 12.1 Å². The summed E-state index contributed by atoms with van der Waals surface area (Å²) in [5, 5.41) is 13.2. The van der Waals surface area contributed by atoms with Crippen LogP contribution in [-0.2, 0) is 0 Å². The van der Waals surface area contributed by atoms with Crippen LogP contribution >= 0.6 is 0 Å². The molecule has 1 saturated heterocycles. The van der Waals surface area contributed by atoms with Gasteiger partial charge in [0, 0.05) is 0 Å². The van der Waals surface area contributed by atoms with E-state index in [9.17, 15) is 9.90 Å². The Bertz CT molecular complexity index is 587. The predicted octanol–water partition coefficient (Wildman–Crippen LogP) is 0.906. The fourth-order valence-corrected chi connectivity index (χ4v) is 2.37. The minimum Gasteiger partial charge on any atom is -0.408 e. The summed E-state index contributed by atoms with van der Waals surface area (Å²) in [6, 6.07) is 5.44. The van der Waals surface area contributed by atoms with Crippen molar-refractivity contribution in [2.45, 2.75) is 25.0 Å². The summed E-state index contributed by atoms with van der Waals surface area (Å²) in [7, 11) is 0. The van der Waals surface area contributed by atoms with Crippen molar-refractivity contribution in [3.63, 3.8) is 0 Å². The Morgan fingerprint density at radius 1 is 1.41 bits per heavy atom. The summed E-state index contributed by atoms with van der Waals surface area (Å²) < 4.78 is 5.01. The number of oxazole rings is 1. The van der Waals surface area contributed by atoms with E-state index < -0.39 is 5.76 Å². The minimum atomic E-state index is -0.450. The van der Waals surface area contributed by atoms with Gasteiger partial charge >= 0.3 is 5.76 Å². The third-order valence-corrected chi connectivity index (χ3v) is 3.23. The molecule has 17 heavy (non-hydrogen) atoms. The third-order valence-electron chi connectivity index (χ3n) is 3.23. The SMILES string of the molecule is O=c1[nH]c2ccc(C3NCCCC3O)cc2o1. The van der Waals surface area contributed by atoms with Crippen LogP contribution in [0, 0.1) is 0 Å². The fraction of sp³-hybridized carbons (Fsp3) is 0.417. The molecular weight excluding hydrogens is 220 g/mol. The molecule has 0 spiro atoms. The molecule has 1 fully saturated rings. The number of hydrogen-bond acceptors (Lipinski definition) is 4. The molecule has 3 rings (SSSR count). The summed E-state index contributed by atoms with van der Waals surface area (Å²) in [5.74, 6) is -0.450. The quantitative estimate of drug-likeness (QED) is 0.685. The van der Waals surface area contributed by atoms with Crippen LogP contribution in [0.2, 0.25) is 0 Å². The van der Waals surface area contributed by atoms with Crippen LogP contribution in [0.3, 0.4) is 0 Å². The maximum absolute atomic E-state index is 11.1. The van der Waals surface area contributed by atoms with Crippen molar-refractivity contribution in [3.8, 4) is 0 Å². The van der Waals surface area contributed by atoms with Crippen LogP contribution < -0.4 is 11.1 Å². The molecule has 1 aliphatic rings. The van der Waals surface area contributed by atoms with Gasteiger partial charge in [0.05, 0.1) is 17.7 Å². The normalized spacial score (nSPS) is 25.2. The molecule has 0 amide bonds. The summed E-state index contributed by atoms with van der Waals surface area (Å²) in [6.07, 6.45) is 1.40. The predicted molar refractivity (Wildman–Crippen MR) is 62.8 cm³/mol. The van der Waals surface area contributed by atoms with Gasteiger partial charge in [0.15, 0.2) is 5.58 Å². The molecule has 1 aromatic carbocycles. The van der Waals surface area contributed by atoms with Crippen molar-refractivity contribution in [1.29, 1.82) is 0 Å². The lowest BCUT2D eigenvalue weighted by molar-refractivity contribution is 0.0966. The average Bonchev–Trinajstić information content (AvgIpc) is 2.68. The van der Waals surface area contributed by atoms with Gasteiger partial charge < -0.3 is 14.8 Å². The highest BCUT2D eigenvalue weighted by atomic mass is 16.4. The zero-order chi connectivity index (χ0) is 11.8. The standard InChI is InChI=1S/C12H14N2O3/c15-9-2-1-5-13-11(9)7-3-4-8-10(6-7)17-12(16)14-8/h3-4,6,9,11,13,15H,1-2,5H2,(H,14,16). The number of aliphatic hydroxyl groups excluding tert-OH is 1. The zero-order valence-electron chi connectivity index (χ0n) is 9.27. The molecule has 2 atom stereocenters. The van der Waals surface area contributed by atoms with Crippen LogP contribution in [0.5, 0.6) is 0 Å². The molecule has 3 N–H and O–H groups in total. The van der Waals surface area contributed by atoms with Gasteiger partial charge in [-0.1, -0.05) is 6.07 Å². The summed E-state index contributed by atoms with van der Waals surface area (Å²) in [4.78, 5) is 13.6. The lowest BCUT2D eigenvalue weighted by Crippen LogP contribution is -2.37. The maximum Gasteiger partial charge on any atom is 0.417 e. The number of aliphatic hydroxyl groups is 1. The molecule has 0 aliphatic carbocycles. The van der Waals surface area contributed by atoms with Crippen LogP contribution in [0.25, 0.3) is 11.1 Å². The largest absolute Gasteiger partial charge is 0.417 e. The highest BCUT2D eigenvalue weighted by Gasteiger charge is 2.24. The topological polar surface area (TPSA) is 78.3 Å². The number of benzene rings is 1. The van der Waals surface area contributed by atoms with E-state index in [2.05, 4.69) is 10.3 Å². The van der Waals surface area contributed by atoms with Gasteiger partial charge in [0.2, 0.25) is 0 Å². The monoisotopic (exact) mass is 234 g/mol. The van der Waals surface area contributed by atoms with E-state index in [1.54, 1.807) is 12.1 Å². The number of nitrogens with one attached hydrogen (secondary N) is 2. The molecule has 1 aromatic heterocycles. The van der Waals surface area contributed by atoms with Crippen molar-refractivity contribution < 1.29 is 9.52 Å². The Kier molecular flexibility index (Phi) is 2.49. The van der Waals surface area contributed by atoms with E-state index in [0.29, 0.717) is 11.1 Å². The first kappa shape index (κ1) is 10.6. The summed E-state index contributed by atoms with van der Waals surface area (Å²) >= 11 is 0. The number of fused-ring (bicyclic) bond motifs is 1. The van der Waals surface area contributed by atoms with E-state index >= 15 is 0 Å². The van der Waals surface area contributed by atoms with E-state index in [1.165, 1.54) is 0 Å². The second kappa shape index (κ2) is 4.01. The maximum atomic E-state index is 11.1. The van der Waals surface area contributed by atoms with E-state index in [0.717, 1.165) is 24.9 Å². The highest BCUT2D eigenvalue weighted by molar-refractivity contribution is 5.72. The summed E-state index contributed by atoms with van der Waals surface area (Å²) in [5.41, 5.74) is 2.17. The molecule has 0 radical (unpaired) electrons. The van der Waals surface area contributed by atoms with E-state index in [4.69, 9.17) is 4.42 Å². The van der Waals surface area contributed by atoms with Gasteiger partial charge in [-0.25, -0.2) is 4.79 Å². The van der Waals surface area contributed by atoms with E-state index in [1.807, 2.05) is 6.07 Å². The van der Waals surface area contributed by atoms with Crippen molar-refractivity contribution in [2.75, 3.05) is 6.54 Å². The number of piperidine rings is 1. The second-order valence-electron chi connectivity index (χ2n) is 4.41. The van der Waals surface area contributed by atoms with Gasteiger partial charge in [0.25, 0.3) is 0 Å². The molecule has 2 heterocycles. The fourth-order valence-electron chi connectivity index (χ4n) is 2.37. The highest BCUT2D eigenvalue weighted by Crippen LogP contribution is 2.25. The molecule has 0 bridgehead atoms. The lowest BCUT2D eigenvalue weighted by Gasteiger charge is -2.29. The van der Waals surface area contributed by atoms with Crippen molar-refractivity contribution in [1.82, 2.24) is 10.3 Å². The first-order valence-electron chi connectivity index (χ1n) is 5.78. The van der Waals surface area contributed by atoms with Gasteiger partial charge in [0.1, 0.15) is 0 Å². The first-order valence-corrected chi connectivity index (χ1v) is 5.78. The Balaban J connectivity index is 2.01. The minimum absolute atomic E-state index is 0.0756. The number of aromatic amines is 1. The molecule has 2 aromatic rings. The average molecular weight is 234 g/mol. The van der Waals surface area contributed by atoms with Crippen LogP contribution in [0.4, 0.5) is 0 Å². The Morgan fingerprint density at radius 3 is 3.12 bits per heavy atom. The third kappa shape index (κ3) is 1.87. The molecule has 5 nitrogen and oxygen atoms in total. The second-order valence-corrected chi connectivity index (χ2v) is 4.41. The van der Waals surface area contributed by atoms with Crippen molar-refractivity contribution in [2.24, 2.45) is 0 Å².